The minimum Gasteiger partial charge on any atom is -0.497 e. The number of carbonyl (C=O) groups is 1. The average Bonchev–Trinajstić information content (AvgIpc) is 2.91. The van der Waals surface area contributed by atoms with E-state index in [1.807, 2.05) is 32.0 Å². The number of benzene rings is 1. The summed E-state index contributed by atoms with van der Waals surface area (Å²) in [6, 6.07) is 5.70. The van der Waals surface area contributed by atoms with Gasteiger partial charge in [0.15, 0.2) is 0 Å². The van der Waals surface area contributed by atoms with Gasteiger partial charge in [-0.1, -0.05) is 6.07 Å². The number of aromatic nitrogens is 3. The predicted molar refractivity (Wildman–Crippen MR) is 88.2 cm³/mol. The molecule has 7 heteroatoms. The Hall–Kier alpha value is -2.57. The normalized spacial score (nSPS) is 16.2. The molecule has 0 radical (unpaired) electrons. The smallest absolute Gasteiger partial charge is 0.226 e. The summed E-state index contributed by atoms with van der Waals surface area (Å²) in [5.74, 6) is 2.98. The zero-order valence-electron chi connectivity index (χ0n) is 14.2. The molecule has 1 amide bonds. The number of hydrogen-bond acceptors (Lipinski definition) is 5. The quantitative estimate of drug-likeness (QED) is 0.893. The molecule has 1 atom stereocenters. The van der Waals surface area contributed by atoms with Crippen LogP contribution in [0.5, 0.6) is 11.5 Å². The lowest BCUT2D eigenvalue weighted by atomic mass is 9.96. The lowest BCUT2D eigenvalue weighted by molar-refractivity contribution is -0.126. The first-order valence-corrected chi connectivity index (χ1v) is 8.02. The highest BCUT2D eigenvalue weighted by molar-refractivity contribution is 5.79. The molecule has 128 valence electrons. The van der Waals surface area contributed by atoms with Crippen LogP contribution in [-0.4, -0.2) is 40.9 Å². The van der Waals surface area contributed by atoms with Gasteiger partial charge in [-0.2, -0.15) is 5.10 Å². The van der Waals surface area contributed by atoms with Crippen LogP contribution in [0.15, 0.2) is 18.2 Å². The van der Waals surface area contributed by atoms with Crippen molar-refractivity contribution in [3.63, 3.8) is 0 Å². The molecule has 1 aliphatic heterocycles. The molecule has 0 saturated carbocycles. The molecular weight excluding hydrogens is 308 g/mol. The van der Waals surface area contributed by atoms with Crippen LogP contribution in [0.25, 0.3) is 0 Å². The molecule has 0 saturated heterocycles. The summed E-state index contributed by atoms with van der Waals surface area (Å²) >= 11 is 0. The molecule has 7 nitrogen and oxygen atoms in total. The lowest BCUT2D eigenvalue weighted by Gasteiger charge is -2.25. The molecule has 2 heterocycles. The van der Waals surface area contributed by atoms with E-state index in [1.165, 1.54) is 0 Å². The molecule has 1 aromatic carbocycles. The van der Waals surface area contributed by atoms with Crippen LogP contribution >= 0.6 is 0 Å². The van der Waals surface area contributed by atoms with E-state index in [4.69, 9.17) is 9.47 Å². The molecule has 1 aromatic heterocycles. The van der Waals surface area contributed by atoms with E-state index in [9.17, 15) is 4.79 Å². The van der Waals surface area contributed by atoms with Gasteiger partial charge < -0.3 is 14.8 Å². The minimum atomic E-state index is -0.176. The van der Waals surface area contributed by atoms with E-state index in [2.05, 4.69) is 15.4 Å². The third-order valence-electron chi connectivity index (χ3n) is 4.14. The predicted octanol–water partition coefficient (Wildman–Crippen LogP) is 1.27. The van der Waals surface area contributed by atoms with Gasteiger partial charge in [0.2, 0.25) is 5.91 Å². The van der Waals surface area contributed by atoms with Crippen molar-refractivity contribution in [3.05, 3.63) is 35.4 Å². The summed E-state index contributed by atoms with van der Waals surface area (Å²) in [6.45, 7) is 5.28. The zero-order chi connectivity index (χ0) is 17.1. The Balaban J connectivity index is 1.53. The Bertz CT molecular complexity index is 741. The monoisotopic (exact) mass is 330 g/mol. The number of hydrogen-bond donors (Lipinski definition) is 1. The summed E-state index contributed by atoms with van der Waals surface area (Å²) < 4.78 is 12.7. The second-order valence-corrected chi connectivity index (χ2v) is 5.91. The molecule has 0 fully saturated rings. The Morgan fingerprint density at radius 1 is 1.46 bits per heavy atom. The first kappa shape index (κ1) is 16.3. The molecule has 0 spiro atoms. The summed E-state index contributed by atoms with van der Waals surface area (Å²) in [4.78, 5) is 16.6. The Morgan fingerprint density at radius 2 is 2.29 bits per heavy atom. The van der Waals surface area contributed by atoms with Crippen LogP contribution in [0.4, 0.5) is 0 Å². The molecule has 0 bridgehead atoms. The molecule has 3 rings (SSSR count). The number of fused-ring (bicyclic) bond motifs is 1. The second-order valence-electron chi connectivity index (χ2n) is 5.91. The van der Waals surface area contributed by atoms with Gasteiger partial charge in [-0.05, 0) is 31.9 Å². The highest BCUT2D eigenvalue weighted by atomic mass is 16.5. The molecule has 1 aliphatic rings. The fourth-order valence-corrected chi connectivity index (χ4v) is 2.85. The number of carbonyl (C=O) groups excluding carboxylic acids is 1. The van der Waals surface area contributed by atoms with Crippen LogP contribution < -0.4 is 14.8 Å². The maximum Gasteiger partial charge on any atom is 0.226 e. The standard InChI is InChI=1S/C17H22N4O3/c1-11-19-12(2)21(20-11)7-6-18-17(22)14-8-13-4-5-15(23-3)9-16(13)24-10-14/h4-5,9,14H,6-8,10H2,1-3H3,(H,18,22)/t14-/m1/s1. The number of nitrogens with zero attached hydrogens (tertiary/aromatic N) is 3. The Morgan fingerprint density at radius 3 is 3.00 bits per heavy atom. The zero-order valence-corrected chi connectivity index (χ0v) is 14.2. The van der Waals surface area contributed by atoms with E-state index in [1.54, 1.807) is 11.8 Å². The van der Waals surface area contributed by atoms with Crippen LogP contribution in [0.2, 0.25) is 0 Å². The highest BCUT2D eigenvalue weighted by Crippen LogP contribution is 2.30. The van der Waals surface area contributed by atoms with Crippen molar-refractivity contribution in [2.45, 2.75) is 26.8 Å². The third-order valence-corrected chi connectivity index (χ3v) is 4.14. The van der Waals surface area contributed by atoms with Gasteiger partial charge in [0.25, 0.3) is 0 Å². The van der Waals surface area contributed by atoms with Gasteiger partial charge in [-0.15, -0.1) is 0 Å². The minimum absolute atomic E-state index is 0.00552. The number of rotatable bonds is 5. The van der Waals surface area contributed by atoms with Crippen LogP contribution in [0.1, 0.15) is 17.2 Å². The van der Waals surface area contributed by atoms with Crippen molar-refractivity contribution in [1.29, 1.82) is 0 Å². The average molecular weight is 330 g/mol. The van der Waals surface area contributed by atoms with E-state index in [-0.39, 0.29) is 11.8 Å². The van der Waals surface area contributed by atoms with Crippen LogP contribution in [-0.2, 0) is 17.8 Å². The summed E-state index contributed by atoms with van der Waals surface area (Å²) in [5.41, 5.74) is 1.03. The fourth-order valence-electron chi connectivity index (χ4n) is 2.85. The van der Waals surface area contributed by atoms with Gasteiger partial charge in [0.1, 0.15) is 29.8 Å². The Kier molecular flexibility index (Phi) is 4.69. The number of ether oxygens (including phenoxy) is 2. The van der Waals surface area contributed by atoms with Gasteiger partial charge in [-0.3, -0.25) is 4.79 Å². The van der Waals surface area contributed by atoms with Crippen molar-refractivity contribution in [3.8, 4) is 11.5 Å². The number of amides is 1. The topological polar surface area (TPSA) is 78.3 Å². The summed E-state index contributed by atoms with van der Waals surface area (Å²) in [7, 11) is 1.62. The fraction of sp³-hybridized carbons (Fsp3) is 0.471. The van der Waals surface area contributed by atoms with Crippen molar-refractivity contribution in [1.82, 2.24) is 20.1 Å². The highest BCUT2D eigenvalue weighted by Gasteiger charge is 2.26. The second kappa shape index (κ2) is 6.90. The maximum atomic E-state index is 12.4. The van der Waals surface area contributed by atoms with Gasteiger partial charge >= 0.3 is 0 Å². The first-order chi connectivity index (χ1) is 11.6. The van der Waals surface area contributed by atoms with E-state index < -0.39 is 0 Å². The van der Waals surface area contributed by atoms with Gasteiger partial charge in [-0.25, -0.2) is 9.67 Å². The molecular formula is C17H22N4O3. The molecule has 24 heavy (non-hydrogen) atoms. The SMILES string of the molecule is COc1ccc2c(c1)OC[C@H](C(=O)NCCn1nc(C)nc1C)C2. The van der Waals surface area contributed by atoms with Gasteiger partial charge in [0.05, 0.1) is 19.6 Å². The third kappa shape index (κ3) is 3.50. The molecule has 0 unspecified atom stereocenters. The van der Waals surface area contributed by atoms with Crippen molar-refractivity contribution in [2.24, 2.45) is 5.92 Å². The molecule has 0 aliphatic carbocycles. The largest absolute Gasteiger partial charge is 0.497 e. The van der Waals surface area contributed by atoms with Crippen molar-refractivity contribution in [2.75, 3.05) is 20.3 Å². The summed E-state index contributed by atoms with van der Waals surface area (Å²) in [6.07, 6.45) is 0.673. The lowest BCUT2D eigenvalue weighted by Crippen LogP contribution is -2.38. The number of nitrogens with one attached hydrogen (secondary N) is 1. The van der Waals surface area contributed by atoms with Crippen molar-refractivity contribution >= 4 is 5.91 Å². The van der Waals surface area contributed by atoms with Crippen molar-refractivity contribution < 1.29 is 14.3 Å². The van der Waals surface area contributed by atoms with Gasteiger partial charge in [0, 0.05) is 12.6 Å². The van der Waals surface area contributed by atoms with Crippen LogP contribution in [0, 0.1) is 19.8 Å². The van der Waals surface area contributed by atoms with Crippen LogP contribution in [0.3, 0.4) is 0 Å². The molecule has 1 N–H and O–H groups in total. The maximum absolute atomic E-state index is 12.4. The Labute approximate surface area is 141 Å². The summed E-state index contributed by atoms with van der Waals surface area (Å²) in [5, 5.41) is 7.24. The number of aryl methyl sites for hydroxylation is 2. The molecule has 2 aromatic rings. The van der Waals surface area contributed by atoms with E-state index in [0.29, 0.717) is 26.1 Å². The van der Waals surface area contributed by atoms with E-state index >= 15 is 0 Å². The first-order valence-electron chi connectivity index (χ1n) is 8.02. The number of methoxy groups -OCH3 is 1. The van der Waals surface area contributed by atoms with E-state index in [0.717, 1.165) is 28.7 Å².